The second kappa shape index (κ2) is 13.5. The van der Waals surface area contributed by atoms with Crippen molar-refractivity contribution in [3.63, 3.8) is 0 Å². The molecule has 2 N–H and O–H groups in total. The number of aliphatic hydroxyl groups excluding tert-OH is 1. The van der Waals surface area contributed by atoms with Crippen LogP contribution in [0.1, 0.15) is 25.8 Å². The van der Waals surface area contributed by atoms with E-state index in [0.717, 1.165) is 5.56 Å². The minimum absolute atomic E-state index is 0.00503. The molecule has 0 saturated heterocycles. The first-order valence-corrected chi connectivity index (χ1v) is 15.1. The van der Waals surface area contributed by atoms with E-state index in [1.807, 2.05) is 20.8 Å². The molecule has 0 spiro atoms. The second-order valence-corrected chi connectivity index (χ2v) is 12.4. The molecule has 2 heterocycles. The highest BCUT2D eigenvalue weighted by Crippen LogP contribution is 2.28. The maximum atomic E-state index is 13.3. The Morgan fingerprint density at radius 3 is 2.55 bits per heavy atom. The Balaban J connectivity index is 1.34. The van der Waals surface area contributed by atoms with E-state index in [9.17, 15) is 23.1 Å². The third-order valence-corrected chi connectivity index (χ3v) is 7.97. The number of aryl methyl sites for hydroxylation is 1. The minimum atomic E-state index is -4.03. The highest BCUT2D eigenvalue weighted by Gasteiger charge is 2.35. The first kappa shape index (κ1) is 31.2. The lowest BCUT2D eigenvalue weighted by Gasteiger charge is -2.28. The Morgan fingerprint density at radius 1 is 1.14 bits per heavy atom. The number of halogens is 1. The maximum Gasteiger partial charge on any atom is 0.297 e. The molecule has 0 saturated carbocycles. The number of hydrogen-bond donors (Lipinski definition) is 2. The zero-order valence-electron chi connectivity index (χ0n) is 23.4. The number of aliphatic hydroxyl groups is 1. The van der Waals surface area contributed by atoms with Gasteiger partial charge < -0.3 is 20.1 Å². The first-order valence-electron chi connectivity index (χ1n) is 13.3. The quantitative estimate of drug-likeness (QED) is 0.277. The van der Waals surface area contributed by atoms with Gasteiger partial charge in [0.1, 0.15) is 17.6 Å². The molecule has 42 heavy (non-hydrogen) atoms. The predicted molar refractivity (Wildman–Crippen MR) is 156 cm³/mol. The summed E-state index contributed by atoms with van der Waals surface area (Å²) in [4.78, 5) is 27.6. The van der Waals surface area contributed by atoms with Gasteiger partial charge in [-0.05, 0) is 43.5 Å². The van der Waals surface area contributed by atoms with Crippen molar-refractivity contribution in [1.82, 2.24) is 14.7 Å². The van der Waals surface area contributed by atoms with Gasteiger partial charge in [-0.2, -0.15) is 13.5 Å². The predicted octanol–water partition coefficient (Wildman–Crippen LogP) is 3.77. The first-order chi connectivity index (χ1) is 19.9. The average Bonchev–Trinajstić information content (AvgIpc) is 3.52. The zero-order chi connectivity index (χ0) is 30.4. The van der Waals surface area contributed by atoms with Crippen LogP contribution < -0.4 is 10.1 Å². The molecular formula is C29H33ClN4O7S. The van der Waals surface area contributed by atoms with Gasteiger partial charge in [0.15, 0.2) is 5.82 Å². The fourth-order valence-electron chi connectivity index (χ4n) is 4.28. The van der Waals surface area contributed by atoms with Gasteiger partial charge in [0, 0.05) is 18.3 Å². The van der Waals surface area contributed by atoms with E-state index in [1.54, 1.807) is 36.4 Å². The van der Waals surface area contributed by atoms with Gasteiger partial charge in [-0.3, -0.25) is 18.5 Å². The van der Waals surface area contributed by atoms with E-state index in [1.165, 1.54) is 40.1 Å². The summed E-state index contributed by atoms with van der Waals surface area (Å²) in [5.41, 5.74) is 0.905. The van der Waals surface area contributed by atoms with Gasteiger partial charge in [0.05, 0.1) is 35.7 Å². The largest absolute Gasteiger partial charge is 0.458 e. The average molecular weight is 617 g/mol. The molecule has 2 amide bonds. The molecule has 1 aliphatic heterocycles. The number of amides is 2. The van der Waals surface area contributed by atoms with Gasteiger partial charge in [-0.15, -0.1) is 0 Å². The number of hydrogen-bond acceptors (Lipinski definition) is 8. The molecule has 0 bridgehead atoms. The smallest absolute Gasteiger partial charge is 0.297 e. The van der Waals surface area contributed by atoms with Crippen LogP contribution in [0, 0.1) is 12.8 Å². The maximum absolute atomic E-state index is 13.3. The Morgan fingerprint density at radius 2 is 1.86 bits per heavy atom. The number of ether oxygens (including phenoxy) is 1. The summed E-state index contributed by atoms with van der Waals surface area (Å²) in [5, 5.41) is 17.7. The van der Waals surface area contributed by atoms with Gasteiger partial charge >= 0.3 is 0 Å². The molecule has 0 unspecified atom stereocenters. The van der Waals surface area contributed by atoms with Crippen LogP contribution in [0.5, 0.6) is 5.75 Å². The summed E-state index contributed by atoms with van der Waals surface area (Å²) in [6, 6.07) is 13.8. The van der Waals surface area contributed by atoms with E-state index >= 15 is 0 Å². The lowest BCUT2D eigenvalue weighted by Crippen LogP contribution is -2.46. The van der Waals surface area contributed by atoms with Crippen molar-refractivity contribution in [2.45, 2.75) is 50.8 Å². The van der Waals surface area contributed by atoms with E-state index < -0.39 is 34.8 Å². The van der Waals surface area contributed by atoms with Crippen molar-refractivity contribution in [2.24, 2.45) is 5.92 Å². The topological polar surface area (TPSA) is 140 Å². The van der Waals surface area contributed by atoms with Gasteiger partial charge in [-0.25, -0.2) is 0 Å². The lowest BCUT2D eigenvalue weighted by molar-refractivity contribution is -0.133. The number of benzene rings is 2. The molecule has 4 rings (SSSR count). The van der Waals surface area contributed by atoms with Crippen LogP contribution >= 0.6 is 11.6 Å². The number of anilines is 1. The highest BCUT2D eigenvalue weighted by molar-refractivity contribution is 7.86. The zero-order valence-corrected chi connectivity index (χ0v) is 25.0. The molecule has 0 fully saturated rings. The van der Waals surface area contributed by atoms with E-state index in [4.69, 9.17) is 20.5 Å². The minimum Gasteiger partial charge on any atom is -0.458 e. The summed E-state index contributed by atoms with van der Waals surface area (Å²) >= 11 is 6.18. The third kappa shape index (κ3) is 8.19. The van der Waals surface area contributed by atoms with Crippen molar-refractivity contribution >= 4 is 39.4 Å². The van der Waals surface area contributed by atoms with Crippen LogP contribution in [-0.4, -0.2) is 65.3 Å². The Bertz CT molecular complexity index is 1550. The fourth-order valence-corrected chi connectivity index (χ4v) is 5.39. The number of carbonyl (C=O) groups is 2. The molecular weight excluding hydrogens is 584 g/mol. The standard InChI is InChI=1S/C29H33ClN4O7S/c1-19(2)14-25(34-17-22(15-28(34)36)41-26-7-5-4-6-24(26)30)29(37)31-27-12-13-33(32-27)16-21(35)18-40-42(38,39)23-10-8-20(3)9-11-23/h4-13,15,19,21,25,35H,14,16-18H2,1-3H3,(H,31,32,37)/t21-,25+/m1/s1. The summed E-state index contributed by atoms with van der Waals surface area (Å²) in [6.07, 6.45) is 2.09. The monoisotopic (exact) mass is 616 g/mol. The summed E-state index contributed by atoms with van der Waals surface area (Å²) in [7, 11) is -4.03. The molecule has 2 aromatic carbocycles. The summed E-state index contributed by atoms with van der Waals surface area (Å²) in [5.74, 6) is 0.317. The lowest BCUT2D eigenvalue weighted by atomic mass is 10.0. The van der Waals surface area contributed by atoms with Crippen LogP contribution in [0.2, 0.25) is 5.02 Å². The Kier molecular flexibility index (Phi) is 10.0. The summed E-state index contributed by atoms with van der Waals surface area (Å²) < 4.78 is 36.9. The van der Waals surface area contributed by atoms with Crippen LogP contribution in [0.4, 0.5) is 5.82 Å². The third-order valence-electron chi connectivity index (χ3n) is 6.36. The SMILES string of the molecule is Cc1ccc(S(=O)(=O)OC[C@H](O)Cn2ccc(NC(=O)[C@H](CC(C)C)N3CC(Oc4ccccc4Cl)=CC3=O)n2)cc1. The Hall–Kier alpha value is -3.71. The second-order valence-electron chi connectivity index (χ2n) is 10.4. The molecule has 13 heteroatoms. The van der Waals surface area contributed by atoms with Crippen molar-refractivity contribution in [2.75, 3.05) is 18.5 Å². The molecule has 11 nitrogen and oxygen atoms in total. The normalized spacial score (nSPS) is 15.0. The number of rotatable bonds is 13. The van der Waals surface area contributed by atoms with Crippen molar-refractivity contribution < 1.29 is 32.0 Å². The molecule has 0 radical (unpaired) electrons. The van der Waals surface area contributed by atoms with E-state index in [2.05, 4.69) is 10.4 Å². The highest BCUT2D eigenvalue weighted by atomic mass is 35.5. The van der Waals surface area contributed by atoms with Gasteiger partial charge in [0.2, 0.25) is 5.91 Å². The Labute approximate surface area is 249 Å². The molecule has 1 aliphatic rings. The molecule has 1 aromatic heterocycles. The molecule has 224 valence electrons. The number of nitrogens with one attached hydrogen (secondary N) is 1. The van der Waals surface area contributed by atoms with Crippen LogP contribution in [0.25, 0.3) is 0 Å². The van der Waals surface area contributed by atoms with Crippen molar-refractivity contribution in [1.29, 1.82) is 0 Å². The van der Waals surface area contributed by atoms with Crippen LogP contribution in [0.3, 0.4) is 0 Å². The van der Waals surface area contributed by atoms with Gasteiger partial charge in [0.25, 0.3) is 16.0 Å². The van der Waals surface area contributed by atoms with Crippen LogP contribution in [-0.2, 0) is 30.4 Å². The number of nitrogens with zero attached hydrogens (tertiary/aromatic N) is 3. The van der Waals surface area contributed by atoms with Crippen LogP contribution in [0.15, 0.2) is 77.5 Å². The fraction of sp³-hybridized carbons (Fsp3) is 0.345. The number of aromatic nitrogens is 2. The van der Waals surface area contributed by atoms with Gasteiger partial charge in [-0.1, -0.05) is 55.3 Å². The van der Waals surface area contributed by atoms with E-state index in [-0.39, 0.29) is 35.6 Å². The van der Waals surface area contributed by atoms with E-state index in [0.29, 0.717) is 23.0 Å². The molecule has 2 atom stereocenters. The van der Waals surface area contributed by atoms with Crippen molar-refractivity contribution in [3.05, 3.63) is 83.2 Å². The number of para-hydroxylation sites is 1. The molecule has 3 aromatic rings. The summed E-state index contributed by atoms with van der Waals surface area (Å²) in [6.45, 7) is 5.28. The van der Waals surface area contributed by atoms with Crippen molar-refractivity contribution in [3.8, 4) is 5.75 Å². The molecule has 0 aliphatic carbocycles. The number of carbonyl (C=O) groups excluding carboxylic acids is 2.